The molecule has 2 aliphatic rings. The zero-order valence-electron chi connectivity index (χ0n) is 9.15. The van der Waals surface area contributed by atoms with Crippen molar-refractivity contribution in [1.29, 1.82) is 0 Å². The summed E-state index contributed by atoms with van der Waals surface area (Å²) in [4.78, 5) is 25.0. The molecule has 0 N–H and O–H groups in total. The molecule has 0 atom stereocenters. The Morgan fingerprint density at radius 3 is 2.25 bits per heavy atom. The first-order valence-corrected chi connectivity index (χ1v) is 6.72. The van der Waals surface area contributed by atoms with Crippen molar-refractivity contribution in [2.75, 3.05) is 19.1 Å². The van der Waals surface area contributed by atoms with E-state index in [2.05, 4.69) is 0 Å². The van der Waals surface area contributed by atoms with E-state index in [1.54, 1.807) is 0 Å². The van der Waals surface area contributed by atoms with Gasteiger partial charge in [0.2, 0.25) is 5.91 Å². The molecule has 5 heteroatoms. The third-order valence-corrected chi connectivity index (χ3v) is 3.99. The van der Waals surface area contributed by atoms with Crippen molar-refractivity contribution in [1.82, 2.24) is 4.90 Å². The van der Waals surface area contributed by atoms with Crippen LogP contribution in [0.1, 0.15) is 25.7 Å². The van der Waals surface area contributed by atoms with Gasteiger partial charge in [-0.25, -0.2) is 4.39 Å². The van der Waals surface area contributed by atoms with Crippen molar-refractivity contribution < 1.29 is 14.0 Å². The van der Waals surface area contributed by atoms with Crippen molar-refractivity contribution in [3.05, 3.63) is 0 Å². The van der Waals surface area contributed by atoms with Crippen molar-refractivity contribution in [3.63, 3.8) is 0 Å². The van der Waals surface area contributed by atoms with Gasteiger partial charge in [-0.1, -0.05) is 11.8 Å². The smallest absolute Gasteiger partial charge is 0.225 e. The van der Waals surface area contributed by atoms with E-state index >= 15 is 0 Å². The molecule has 16 heavy (non-hydrogen) atoms. The maximum atomic E-state index is 12.0. The van der Waals surface area contributed by atoms with Crippen LogP contribution in [0.2, 0.25) is 0 Å². The lowest BCUT2D eigenvalue weighted by Crippen LogP contribution is -2.40. The van der Waals surface area contributed by atoms with Crippen LogP contribution < -0.4 is 0 Å². The molecule has 1 saturated carbocycles. The second kappa shape index (κ2) is 5.17. The second-order valence-corrected chi connectivity index (χ2v) is 5.36. The maximum absolute atomic E-state index is 12.0. The van der Waals surface area contributed by atoms with Crippen LogP contribution in [0, 0.1) is 11.8 Å². The monoisotopic (exact) mass is 245 g/mol. The van der Waals surface area contributed by atoms with Gasteiger partial charge in [-0.2, -0.15) is 0 Å². The van der Waals surface area contributed by atoms with E-state index in [-0.39, 0.29) is 22.9 Å². The second-order valence-electron chi connectivity index (χ2n) is 4.45. The average molecular weight is 245 g/mol. The van der Waals surface area contributed by atoms with Gasteiger partial charge in [-0.3, -0.25) is 9.59 Å². The van der Waals surface area contributed by atoms with E-state index in [1.165, 1.54) is 0 Å². The highest BCUT2D eigenvalue weighted by atomic mass is 32.2. The van der Waals surface area contributed by atoms with E-state index in [1.807, 2.05) is 4.90 Å². The fraction of sp³-hybridized carbons (Fsp3) is 0.818. The molecule has 90 valence electrons. The molecule has 0 aromatic rings. The van der Waals surface area contributed by atoms with Crippen molar-refractivity contribution in [3.8, 4) is 0 Å². The number of thioether (sulfide) groups is 1. The molecule has 0 unspecified atom stereocenters. The van der Waals surface area contributed by atoms with Gasteiger partial charge in [0.25, 0.3) is 0 Å². The predicted molar refractivity (Wildman–Crippen MR) is 60.6 cm³/mol. The fourth-order valence-corrected chi connectivity index (χ4v) is 2.67. The summed E-state index contributed by atoms with van der Waals surface area (Å²) in [5, 5.41) is -0.0546. The molecular formula is C11H16FNO2S. The lowest BCUT2D eigenvalue weighted by atomic mass is 9.98. The molecule has 3 nitrogen and oxygen atoms in total. The molecule has 1 saturated heterocycles. The SMILES string of the molecule is O=C(SCF)C1CCN(C(=O)C2CC2)CC1. The molecule has 0 bridgehead atoms. The third kappa shape index (κ3) is 2.75. The van der Waals surface area contributed by atoms with E-state index in [0.717, 1.165) is 24.6 Å². The fourth-order valence-electron chi connectivity index (χ4n) is 2.10. The summed E-state index contributed by atoms with van der Waals surface area (Å²) in [5.74, 6) is 0.459. The molecule has 2 fully saturated rings. The number of carbonyl (C=O) groups excluding carboxylic acids is 2. The van der Waals surface area contributed by atoms with Gasteiger partial charge in [0.05, 0.1) is 0 Å². The van der Waals surface area contributed by atoms with Crippen LogP contribution in [0.3, 0.4) is 0 Å². The summed E-state index contributed by atoms with van der Waals surface area (Å²) in [5.41, 5.74) is 0. The van der Waals surface area contributed by atoms with E-state index in [0.29, 0.717) is 25.9 Å². The Balaban J connectivity index is 1.77. The summed E-state index contributed by atoms with van der Waals surface area (Å²) < 4.78 is 12.0. The number of amides is 1. The maximum Gasteiger partial charge on any atom is 0.225 e. The van der Waals surface area contributed by atoms with Gasteiger partial charge in [0.15, 0.2) is 5.12 Å². The largest absolute Gasteiger partial charge is 0.342 e. The topological polar surface area (TPSA) is 37.4 Å². The molecule has 0 radical (unpaired) electrons. The van der Waals surface area contributed by atoms with Gasteiger partial charge in [-0.05, 0) is 25.7 Å². The predicted octanol–water partition coefficient (Wildman–Crippen LogP) is 1.82. The lowest BCUT2D eigenvalue weighted by molar-refractivity contribution is -0.135. The van der Waals surface area contributed by atoms with Gasteiger partial charge in [0.1, 0.15) is 6.01 Å². The Kier molecular flexibility index (Phi) is 3.84. The van der Waals surface area contributed by atoms with Gasteiger partial charge < -0.3 is 4.90 Å². The minimum atomic E-state index is -0.639. The molecule has 1 amide bonds. The highest BCUT2D eigenvalue weighted by Crippen LogP contribution is 2.33. The zero-order chi connectivity index (χ0) is 11.5. The van der Waals surface area contributed by atoms with Crippen molar-refractivity contribution in [2.45, 2.75) is 25.7 Å². The number of piperidine rings is 1. The normalized spacial score (nSPS) is 22.2. The van der Waals surface area contributed by atoms with E-state index in [4.69, 9.17) is 0 Å². The molecular weight excluding hydrogens is 229 g/mol. The van der Waals surface area contributed by atoms with Gasteiger partial charge >= 0.3 is 0 Å². The summed E-state index contributed by atoms with van der Waals surface area (Å²) in [6.45, 7) is 1.33. The number of nitrogens with zero attached hydrogens (tertiary/aromatic N) is 1. The van der Waals surface area contributed by atoms with Crippen LogP contribution in [-0.2, 0) is 9.59 Å². The highest BCUT2D eigenvalue weighted by Gasteiger charge is 2.35. The minimum absolute atomic E-state index is 0.0518. The Bertz CT molecular complexity index is 286. The zero-order valence-corrected chi connectivity index (χ0v) is 9.97. The van der Waals surface area contributed by atoms with Crippen LogP contribution in [0.25, 0.3) is 0 Å². The summed E-state index contributed by atoms with van der Waals surface area (Å²) in [6.07, 6.45) is 3.44. The number of halogens is 1. The molecule has 0 spiro atoms. The van der Waals surface area contributed by atoms with Crippen LogP contribution in [0.4, 0.5) is 4.39 Å². The Labute approximate surface area is 98.7 Å². The Morgan fingerprint density at radius 2 is 1.75 bits per heavy atom. The number of likely N-dealkylation sites (tertiary alicyclic amines) is 1. The van der Waals surface area contributed by atoms with Crippen LogP contribution in [0.5, 0.6) is 0 Å². The summed E-state index contributed by atoms with van der Waals surface area (Å²) in [6, 6.07) is -0.639. The first-order chi connectivity index (χ1) is 7.72. The molecule has 0 aromatic heterocycles. The Hall–Kier alpha value is -0.580. The number of alkyl halides is 1. The van der Waals surface area contributed by atoms with Gasteiger partial charge in [-0.15, -0.1) is 0 Å². The number of hydrogen-bond donors (Lipinski definition) is 0. The van der Waals surface area contributed by atoms with Crippen molar-refractivity contribution in [2.24, 2.45) is 11.8 Å². The third-order valence-electron chi connectivity index (χ3n) is 3.26. The first kappa shape index (κ1) is 11.9. The quantitative estimate of drug-likeness (QED) is 0.761. The van der Waals surface area contributed by atoms with Gasteiger partial charge in [0, 0.05) is 24.9 Å². The number of hydrogen-bond acceptors (Lipinski definition) is 3. The summed E-state index contributed by atoms with van der Waals surface area (Å²) >= 11 is 0.757. The van der Waals surface area contributed by atoms with E-state index < -0.39 is 6.01 Å². The standard InChI is InChI=1S/C11H16FNO2S/c12-7-16-11(15)9-3-5-13(6-4-9)10(14)8-1-2-8/h8-9H,1-7H2. The first-order valence-electron chi connectivity index (χ1n) is 5.73. The summed E-state index contributed by atoms with van der Waals surface area (Å²) in [7, 11) is 0. The number of rotatable bonds is 3. The van der Waals surface area contributed by atoms with Crippen molar-refractivity contribution >= 4 is 22.8 Å². The molecule has 0 aromatic carbocycles. The minimum Gasteiger partial charge on any atom is -0.342 e. The molecule has 1 heterocycles. The molecule has 1 aliphatic carbocycles. The molecule has 2 rings (SSSR count). The molecule has 1 aliphatic heterocycles. The highest BCUT2D eigenvalue weighted by molar-refractivity contribution is 8.13. The lowest BCUT2D eigenvalue weighted by Gasteiger charge is -2.31. The van der Waals surface area contributed by atoms with E-state index in [9.17, 15) is 14.0 Å². The average Bonchev–Trinajstić information content (AvgIpc) is 3.12. The van der Waals surface area contributed by atoms with Crippen LogP contribution in [-0.4, -0.2) is 35.0 Å². The van der Waals surface area contributed by atoms with Crippen LogP contribution >= 0.6 is 11.8 Å². The Morgan fingerprint density at radius 1 is 1.12 bits per heavy atom. The number of carbonyl (C=O) groups is 2. The van der Waals surface area contributed by atoms with Crippen LogP contribution in [0.15, 0.2) is 0 Å².